The standard InChI is InChI=1S/C40H76O6/c1-3-5-7-9-11-13-15-17-19-21-23-25-27-29-31-33-39(42)45-36-38(35-44-37-41)46-40(43)34-32-30-28-26-24-22-20-18-16-14-12-10-8-6-4-2/h37-38H,3-36H2,1-2H3. The molecule has 1 atom stereocenters. The number of hydrogen-bond donors (Lipinski definition) is 0. The molecule has 1 unspecified atom stereocenters. The molecule has 46 heavy (non-hydrogen) atoms. The lowest BCUT2D eigenvalue weighted by Gasteiger charge is -2.17. The van der Waals surface area contributed by atoms with E-state index in [1.165, 1.54) is 154 Å². The molecule has 0 aromatic heterocycles. The average Bonchev–Trinajstić information content (AvgIpc) is 3.05. The summed E-state index contributed by atoms with van der Waals surface area (Å²) in [5.74, 6) is -0.614. The number of carbonyl (C=O) groups is 3. The molecular formula is C40H76O6. The zero-order valence-electron chi connectivity index (χ0n) is 30.6. The largest absolute Gasteiger partial charge is 0.464 e. The number of carbonyl (C=O) groups excluding carboxylic acids is 3. The quantitative estimate of drug-likeness (QED) is 0.0286. The fourth-order valence-corrected chi connectivity index (χ4v) is 6.05. The van der Waals surface area contributed by atoms with Gasteiger partial charge in [0.05, 0.1) is 0 Å². The van der Waals surface area contributed by atoms with E-state index in [2.05, 4.69) is 13.8 Å². The number of hydrogen-bond acceptors (Lipinski definition) is 6. The number of esters is 2. The Morgan fingerprint density at radius 2 is 0.739 bits per heavy atom. The fourth-order valence-electron chi connectivity index (χ4n) is 6.05. The molecule has 0 aromatic carbocycles. The van der Waals surface area contributed by atoms with Gasteiger partial charge in [0, 0.05) is 12.8 Å². The van der Waals surface area contributed by atoms with Crippen molar-refractivity contribution in [1.29, 1.82) is 0 Å². The van der Waals surface area contributed by atoms with E-state index in [0.717, 1.165) is 38.5 Å². The van der Waals surface area contributed by atoms with Crippen molar-refractivity contribution in [3.05, 3.63) is 0 Å². The monoisotopic (exact) mass is 653 g/mol. The Hall–Kier alpha value is -1.59. The van der Waals surface area contributed by atoms with Gasteiger partial charge in [0.15, 0.2) is 6.10 Å². The molecule has 6 heteroatoms. The molecule has 0 spiro atoms. The molecule has 0 N–H and O–H groups in total. The molecule has 6 nitrogen and oxygen atoms in total. The predicted molar refractivity (Wildman–Crippen MR) is 192 cm³/mol. The summed E-state index contributed by atoms with van der Waals surface area (Å²) in [4.78, 5) is 35.2. The van der Waals surface area contributed by atoms with Gasteiger partial charge in [0.25, 0.3) is 6.47 Å². The molecule has 0 fully saturated rings. The van der Waals surface area contributed by atoms with Crippen molar-refractivity contribution in [2.24, 2.45) is 0 Å². The van der Waals surface area contributed by atoms with Gasteiger partial charge >= 0.3 is 11.9 Å². The Balaban J connectivity index is 3.69. The van der Waals surface area contributed by atoms with Crippen molar-refractivity contribution < 1.29 is 28.6 Å². The first-order valence-corrected chi connectivity index (χ1v) is 20.0. The van der Waals surface area contributed by atoms with Crippen LogP contribution in [0.15, 0.2) is 0 Å². The summed E-state index contributed by atoms with van der Waals surface area (Å²) in [7, 11) is 0. The molecule has 272 valence electrons. The Morgan fingerprint density at radius 3 is 1.07 bits per heavy atom. The van der Waals surface area contributed by atoms with E-state index >= 15 is 0 Å². The van der Waals surface area contributed by atoms with Crippen LogP contribution in [-0.4, -0.2) is 37.7 Å². The molecule has 0 amide bonds. The highest BCUT2D eigenvalue weighted by molar-refractivity contribution is 5.70. The van der Waals surface area contributed by atoms with Crippen molar-refractivity contribution in [3.8, 4) is 0 Å². The van der Waals surface area contributed by atoms with Crippen LogP contribution in [0.2, 0.25) is 0 Å². The molecule has 0 aromatic rings. The number of rotatable bonds is 38. The van der Waals surface area contributed by atoms with E-state index in [1.807, 2.05) is 0 Å². The first-order valence-electron chi connectivity index (χ1n) is 20.0. The Labute approximate surface area is 285 Å². The normalized spacial score (nSPS) is 11.8. The van der Waals surface area contributed by atoms with Gasteiger partial charge in [-0.3, -0.25) is 14.4 Å². The highest BCUT2D eigenvalue weighted by Gasteiger charge is 2.17. The molecule has 0 aliphatic carbocycles. The summed E-state index contributed by atoms with van der Waals surface area (Å²) in [6.45, 7) is 4.69. The van der Waals surface area contributed by atoms with Gasteiger partial charge in [-0.2, -0.15) is 0 Å². The van der Waals surface area contributed by atoms with Gasteiger partial charge in [-0.05, 0) is 12.8 Å². The minimum absolute atomic E-state index is 0.0734. The summed E-state index contributed by atoms with van der Waals surface area (Å²) >= 11 is 0. The van der Waals surface area contributed by atoms with Crippen molar-refractivity contribution in [2.45, 2.75) is 225 Å². The van der Waals surface area contributed by atoms with Gasteiger partial charge in [-0.25, -0.2) is 0 Å². The van der Waals surface area contributed by atoms with Gasteiger partial charge in [-0.1, -0.05) is 194 Å². The van der Waals surface area contributed by atoms with Gasteiger partial charge < -0.3 is 14.2 Å². The average molecular weight is 653 g/mol. The molecule has 0 bridgehead atoms. The van der Waals surface area contributed by atoms with Crippen LogP contribution in [0.5, 0.6) is 0 Å². The first kappa shape index (κ1) is 44.4. The zero-order valence-corrected chi connectivity index (χ0v) is 30.6. The van der Waals surface area contributed by atoms with Crippen LogP contribution in [-0.2, 0) is 28.6 Å². The second kappa shape index (κ2) is 37.9. The highest BCUT2D eigenvalue weighted by atomic mass is 16.6. The minimum Gasteiger partial charge on any atom is -0.464 e. The van der Waals surface area contributed by atoms with E-state index in [9.17, 15) is 14.4 Å². The lowest BCUT2D eigenvalue weighted by atomic mass is 10.0. The predicted octanol–water partition coefficient (Wildman–Crippen LogP) is 12.1. The van der Waals surface area contributed by atoms with E-state index in [0.29, 0.717) is 19.3 Å². The van der Waals surface area contributed by atoms with E-state index in [4.69, 9.17) is 14.2 Å². The summed E-state index contributed by atoms with van der Waals surface area (Å²) in [6.07, 6.45) is 38.3. The molecule has 0 aliphatic rings. The molecule has 0 aliphatic heterocycles. The third-order valence-corrected chi connectivity index (χ3v) is 9.05. The molecule has 0 saturated carbocycles. The smallest absolute Gasteiger partial charge is 0.306 e. The van der Waals surface area contributed by atoms with Crippen molar-refractivity contribution in [3.63, 3.8) is 0 Å². The topological polar surface area (TPSA) is 78.9 Å². The lowest BCUT2D eigenvalue weighted by Crippen LogP contribution is -2.29. The summed E-state index contributed by atoms with van der Waals surface area (Å²) in [5, 5.41) is 0. The van der Waals surface area contributed by atoms with Crippen LogP contribution in [0.3, 0.4) is 0 Å². The van der Waals surface area contributed by atoms with Crippen LogP contribution < -0.4 is 0 Å². The molecule has 0 saturated heterocycles. The highest BCUT2D eigenvalue weighted by Crippen LogP contribution is 2.16. The van der Waals surface area contributed by atoms with Gasteiger partial charge in [-0.15, -0.1) is 0 Å². The second-order valence-corrected chi connectivity index (χ2v) is 13.6. The van der Waals surface area contributed by atoms with Crippen LogP contribution in [0, 0.1) is 0 Å². The third-order valence-electron chi connectivity index (χ3n) is 9.05. The van der Waals surface area contributed by atoms with Crippen LogP contribution >= 0.6 is 0 Å². The van der Waals surface area contributed by atoms with Gasteiger partial charge in [0.1, 0.15) is 13.2 Å². The number of ether oxygens (including phenoxy) is 3. The lowest BCUT2D eigenvalue weighted by molar-refractivity contribution is -0.164. The molecule has 0 rings (SSSR count). The Bertz CT molecular complexity index is 652. The summed E-state index contributed by atoms with van der Waals surface area (Å²) in [6, 6.07) is 0. The molecule has 0 heterocycles. The maximum absolute atomic E-state index is 12.3. The van der Waals surface area contributed by atoms with Crippen molar-refractivity contribution in [1.82, 2.24) is 0 Å². The summed E-state index contributed by atoms with van der Waals surface area (Å²) < 4.78 is 15.6. The van der Waals surface area contributed by atoms with Crippen LogP contribution in [0.1, 0.15) is 219 Å². The van der Waals surface area contributed by atoms with Crippen LogP contribution in [0.4, 0.5) is 0 Å². The van der Waals surface area contributed by atoms with Crippen LogP contribution in [0.25, 0.3) is 0 Å². The van der Waals surface area contributed by atoms with Crippen molar-refractivity contribution >= 4 is 18.4 Å². The summed E-state index contributed by atoms with van der Waals surface area (Å²) in [5.41, 5.74) is 0. The van der Waals surface area contributed by atoms with Crippen molar-refractivity contribution in [2.75, 3.05) is 13.2 Å². The maximum Gasteiger partial charge on any atom is 0.306 e. The fraction of sp³-hybridized carbons (Fsp3) is 0.925. The SMILES string of the molecule is CCCCCCCCCCCCCCCCCC(=O)OCC(COC=O)OC(=O)CCCCCCCCCCCCCCCCC. The minimum atomic E-state index is -0.751. The van der Waals surface area contributed by atoms with E-state index < -0.39 is 6.10 Å². The first-order chi connectivity index (χ1) is 22.6. The zero-order chi connectivity index (χ0) is 33.6. The Kier molecular flexibility index (Phi) is 36.6. The number of unbranched alkanes of at least 4 members (excludes halogenated alkanes) is 28. The van der Waals surface area contributed by atoms with Gasteiger partial charge in [0.2, 0.25) is 0 Å². The molecular weight excluding hydrogens is 576 g/mol. The Morgan fingerprint density at radius 1 is 0.435 bits per heavy atom. The van der Waals surface area contributed by atoms with E-state index in [1.54, 1.807) is 0 Å². The maximum atomic E-state index is 12.3. The molecule has 0 radical (unpaired) electrons. The third kappa shape index (κ3) is 35.3. The second-order valence-electron chi connectivity index (χ2n) is 13.6. The van der Waals surface area contributed by atoms with E-state index in [-0.39, 0.29) is 25.2 Å².